The summed E-state index contributed by atoms with van der Waals surface area (Å²) in [5.74, 6) is 0. The van der Waals surface area contributed by atoms with Crippen LogP contribution in [0.25, 0.3) is 0 Å². The highest BCUT2D eigenvalue weighted by Crippen LogP contribution is 1.98. The predicted molar refractivity (Wildman–Crippen MR) is 68.9 cm³/mol. The average molecular weight is 246 g/mol. The normalized spacial score (nSPS) is 12.6. The van der Waals surface area contributed by atoms with Gasteiger partial charge in [0.2, 0.25) is 0 Å². The Morgan fingerprint density at radius 2 is 2.33 bits per heavy atom. The Balaban J connectivity index is 1.70. The second-order valence-electron chi connectivity index (χ2n) is 4.32. The van der Waals surface area contributed by atoms with Gasteiger partial charge in [-0.2, -0.15) is 5.10 Å². The third kappa shape index (κ3) is 3.94. The highest BCUT2D eigenvalue weighted by molar-refractivity contribution is 5.12. The molecule has 2 heterocycles. The molecule has 2 N–H and O–H groups in total. The Hall–Kier alpha value is -1.72. The van der Waals surface area contributed by atoms with Gasteiger partial charge in [0.1, 0.15) is 0 Å². The highest BCUT2D eigenvalue weighted by Gasteiger charge is 2.04. The van der Waals surface area contributed by atoms with Crippen molar-refractivity contribution in [3.05, 3.63) is 48.0 Å². The lowest BCUT2D eigenvalue weighted by Gasteiger charge is -2.11. The Labute approximate surface area is 106 Å². The first-order chi connectivity index (χ1) is 8.74. The van der Waals surface area contributed by atoms with Gasteiger partial charge >= 0.3 is 0 Å². The SMILES string of the molecule is Cc1ccc(CNCC(O)Cn2cccn2)cn1. The third-order valence-electron chi connectivity index (χ3n) is 2.64. The first kappa shape index (κ1) is 12.7. The van der Waals surface area contributed by atoms with E-state index in [9.17, 15) is 5.11 Å². The molecule has 1 unspecified atom stereocenters. The van der Waals surface area contributed by atoms with E-state index in [0.29, 0.717) is 19.6 Å². The molecule has 0 radical (unpaired) electrons. The zero-order chi connectivity index (χ0) is 12.8. The van der Waals surface area contributed by atoms with E-state index in [1.807, 2.05) is 37.5 Å². The molecule has 0 amide bonds. The maximum Gasteiger partial charge on any atom is 0.0860 e. The topological polar surface area (TPSA) is 63.0 Å². The fourth-order valence-electron chi connectivity index (χ4n) is 1.68. The van der Waals surface area contributed by atoms with Gasteiger partial charge < -0.3 is 10.4 Å². The van der Waals surface area contributed by atoms with Gasteiger partial charge in [0.05, 0.1) is 12.6 Å². The van der Waals surface area contributed by atoms with Crippen LogP contribution in [0.15, 0.2) is 36.8 Å². The van der Waals surface area contributed by atoms with E-state index in [4.69, 9.17) is 0 Å². The molecule has 0 bridgehead atoms. The van der Waals surface area contributed by atoms with E-state index in [1.165, 1.54) is 0 Å². The minimum Gasteiger partial charge on any atom is -0.390 e. The van der Waals surface area contributed by atoms with Crippen LogP contribution in [-0.2, 0) is 13.1 Å². The van der Waals surface area contributed by atoms with Crippen LogP contribution in [0.3, 0.4) is 0 Å². The van der Waals surface area contributed by atoms with Crippen molar-refractivity contribution in [3.63, 3.8) is 0 Å². The molecule has 0 saturated carbocycles. The first-order valence-electron chi connectivity index (χ1n) is 6.02. The molecule has 5 heteroatoms. The quantitative estimate of drug-likeness (QED) is 0.789. The second-order valence-corrected chi connectivity index (χ2v) is 4.32. The van der Waals surface area contributed by atoms with Crippen molar-refractivity contribution in [1.82, 2.24) is 20.1 Å². The number of aromatic nitrogens is 3. The van der Waals surface area contributed by atoms with Crippen molar-refractivity contribution in [3.8, 4) is 0 Å². The van der Waals surface area contributed by atoms with Crippen LogP contribution >= 0.6 is 0 Å². The zero-order valence-electron chi connectivity index (χ0n) is 10.5. The van der Waals surface area contributed by atoms with Gasteiger partial charge in [0, 0.05) is 37.4 Å². The molecule has 0 aromatic carbocycles. The number of hydrogen-bond acceptors (Lipinski definition) is 4. The zero-order valence-corrected chi connectivity index (χ0v) is 10.5. The summed E-state index contributed by atoms with van der Waals surface area (Å²) in [6.45, 7) is 3.72. The summed E-state index contributed by atoms with van der Waals surface area (Å²) in [6, 6.07) is 5.87. The van der Waals surface area contributed by atoms with Crippen LogP contribution in [0.2, 0.25) is 0 Å². The molecule has 0 spiro atoms. The summed E-state index contributed by atoms with van der Waals surface area (Å²) in [5.41, 5.74) is 2.13. The number of aliphatic hydroxyl groups excluding tert-OH is 1. The summed E-state index contributed by atoms with van der Waals surface area (Å²) in [6.07, 6.45) is 4.95. The number of hydrogen-bond donors (Lipinski definition) is 2. The van der Waals surface area contributed by atoms with Crippen molar-refractivity contribution in [2.45, 2.75) is 26.1 Å². The van der Waals surface area contributed by atoms with E-state index in [-0.39, 0.29) is 0 Å². The van der Waals surface area contributed by atoms with Crippen LogP contribution in [0.5, 0.6) is 0 Å². The van der Waals surface area contributed by atoms with Crippen molar-refractivity contribution >= 4 is 0 Å². The van der Waals surface area contributed by atoms with Gasteiger partial charge in [-0.3, -0.25) is 9.67 Å². The first-order valence-corrected chi connectivity index (χ1v) is 6.02. The monoisotopic (exact) mass is 246 g/mol. The molecule has 2 rings (SSSR count). The van der Waals surface area contributed by atoms with Gasteiger partial charge in [-0.05, 0) is 24.6 Å². The summed E-state index contributed by atoms with van der Waals surface area (Å²) in [7, 11) is 0. The molecule has 96 valence electrons. The maximum absolute atomic E-state index is 9.80. The average Bonchev–Trinajstić information content (AvgIpc) is 2.84. The van der Waals surface area contributed by atoms with Crippen LogP contribution < -0.4 is 5.32 Å². The Morgan fingerprint density at radius 3 is 3.00 bits per heavy atom. The Bertz CT molecular complexity index is 452. The lowest BCUT2D eigenvalue weighted by molar-refractivity contribution is 0.146. The lowest BCUT2D eigenvalue weighted by Crippen LogP contribution is -2.30. The molecule has 2 aromatic rings. The minimum atomic E-state index is -0.441. The van der Waals surface area contributed by atoms with Gasteiger partial charge in [-0.1, -0.05) is 6.07 Å². The van der Waals surface area contributed by atoms with E-state index in [2.05, 4.69) is 15.4 Å². The van der Waals surface area contributed by atoms with Gasteiger partial charge in [0.25, 0.3) is 0 Å². The van der Waals surface area contributed by atoms with Gasteiger partial charge in [-0.25, -0.2) is 0 Å². The molecule has 0 aliphatic carbocycles. The van der Waals surface area contributed by atoms with E-state index in [1.54, 1.807) is 10.9 Å². The minimum absolute atomic E-state index is 0.441. The smallest absolute Gasteiger partial charge is 0.0860 e. The maximum atomic E-state index is 9.80. The van der Waals surface area contributed by atoms with Gasteiger partial charge in [0.15, 0.2) is 0 Å². The number of nitrogens with zero attached hydrogens (tertiary/aromatic N) is 3. The van der Waals surface area contributed by atoms with Crippen LogP contribution in [0.4, 0.5) is 0 Å². The fraction of sp³-hybridized carbons (Fsp3) is 0.385. The molecule has 2 aromatic heterocycles. The van der Waals surface area contributed by atoms with E-state index < -0.39 is 6.10 Å². The van der Waals surface area contributed by atoms with Crippen LogP contribution in [0.1, 0.15) is 11.3 Å². The van der Waals surface area contributed by atoms with Gasteiger partial charge in [-0.15, -0.1) is 0 Å². The largest absolute Gasteiger partial charge is 0.390 e. The highest BCUT2D eigenvalue weighted by atomic mass is 16.3. The van der Waals surface area contributed by atoms with E-state index >= 15 is 0 Å². The fourth-order valence-corrected chi connectivity index (χ4v) is 1.68. The van der Waals surface area contributed by atoms with Crippen molar-refractivity contribution in [2.24, 2.45) is 0 Å². The van der Waals surface area contributed by atoms with Crippen LogP contribution in [0, 0.1) is 6.92 Å². The standard InChI is InChI=1S/C13H18N4O/c1-11-3-4-12(8-15-11)7-14-9-13(18)10-17-6-2-5-16-17/h2-6,8,13-14,18H,7,9-10H2,1H3. The molecule has 0 fully saturated rings. The Kier molecular flexibility index (Phi) is 4.44. The summed E-state index contributed by atoms with van der Waals surface area (Å²) < 4.78 is 1.72. The molecular formula is C13H18N4O. The van der Waals surface area contributed by atoms with Crippen molar-refractivity contribution in [1.29, 1.82) is 0 Å². The molecular weight excluding hydrogens is 228 g/mol. The number of aryl methyl sites for hydroxylation is 1. The number of aliphatic hydroxyl groups is 1. The number of pyridine rings is 1. The summed E-state index contributed by atoms with van der Waals surface area (Å²) >= 11 is 0. The lowest BCUT2D eigenvalue weighted by atomic mass is 10.2. The van der Waals surface area contributed by atoms with Crippen LogP contribution in [-0.4, -0.2) is 32.5 Å². The van der Waals surface area contributed by atoms with Crippen molar-refractivity contribution < 1.29 is 5.11 Å². The summed E-state index contributed by atoms with van der Waals surface area (Å²) in [5, 5.41) is 17.1. The predicted octanol–water partition coefficient (Wildman–Crippen LogP) is 0.737. The Morgan fingerprint density at radius 1 is 1.44 bits per heavy atom. The second kappa shape index (κ2) is 6.28. The molecule has 0 saturated heterocycles. The molecule has 18 heavy (non-hydrogen) atoms. The third-order valence-corrected chi connectivity index (χ3v) is 2.64. The number of rotatable bonds is 6. The van der Waals surface area contributed by atoms with Crippen molar-refractivity contribution in [2.75, 3.05) is 6.54 Å². The molecule has 0 aliphatic heterocycles. The summed E-state index contributed by atoms with van der Waals surface area (Å²) in [4.78, 5) is 4.22. The molecule has 5 nitrogen and oxygen atoms in total. The van der Waals surface area contributed by atoms with E-state index in [0.717, 1.165) is 11.3 Å². The molecule has 1 atom stereocenters. The number of nitrogens with one attached hydrogen (secondary N) is 1. The molecule has 0 aliphatic rings.